The highest BCUT2D eigenvalue weighted by Gasteiger charge is 2.42. The quantitative estimate of drug-likeness (QED) is 0.328. The van der Waals surface area contributed by atoms with Gasteiger partial charge in [-0.05, 0) is 61.1 Å². The van der Waals surface area contributed by atoms with Gasteiger partial charge in [0.1, 0.15) is 17.8 Å². The number of benzene rings is 1. The lowest BCUT2D eigenvalue weighted by molar-refractivity contribution is -0.150. The number of fused-ring (bicyclic) bond motifs is 1. The molecule has 0 spiro atoms. The third kappa shape index (κ3) is 9.28. The van der Waals surface area contributed by atoms with Gasteiger partial charge in [0.05, 0.1) is 29.8 Å². The standard InChI is InChI=1S/C20H25N3O.C13H22N2O5/c1-14-6-5-8-16(14)7-3-2-4-9-18-20(24)23-19-12-15(13-21)10-11-17(19)22-18;1-13(2,3)9(14-12(19)20-4)10(16)15-7-5-6-8(15)11(17)18/h10-12,14,16H,2-9H2,1H3,(H,23,24);8-9H,5-7H2,1-4H3,(H,14,19)(H,17,18)/t14-,16?;8?,9-/m01/s1. The molecule has 1 saturated heterocycles. The van der Waals surface area contributed by atoms with Gasteiger partial charge in [-0.15, -0.1) is 0 Å². The van der Waals surface area contributed by atoms with Crippen molar-refractivity contribution in [3.63, 3.8) is 0 Å². The predicted octanol–water partition coefficient (Wildman–Crippen LogP) is 5.17. The molecule has 11 nitrogen and oxygen atoms in total. The van der Waals surface area contributed by atoms with E-state index in [-0.39, 0.29) is 11.5 Å². The number of aryl methyl sites for hydroxylation is 1. The summed E-state index contributed by atoms with van der Waals surface area (Å²) in [6.07, 6.45) is 10.1. The molecule has 2 aliphatic rings. The second-order valence-corrected chi connectivity index (χ2v) is 13.1. The molecule has 2 fully saturated rings. The first-order chi connectivity index (χ1) is 20.8. The molecule has 2 unspecified atom stereocenters. The number of amides is 2. The lowest BCUT2D eigenvalue weighted by Crippen LogP contribution is -2.56. The number of alkyl carbamates (subject to hydrolysis) is 1. The van der Waals surface area contributed by atoms with Crippen LogP contribution in [-0.4, -0.2) is 63.7 Å². The van der Waals surface area contributed by atoms with Crippen molar-refractivity contribution in [2.75, 3.05) is 13.7 Å². The molecule has 1 aliphatic heterocycles. The number of carbonyl (C=O) groups excluding carboxylic acids is 2. The first-order valence-corrected chi connectivity index (χ1v) is 15.7. The molecule has 0 radical (unpaired) electrons. The van der Waals surface area contributed by atoms with Crippen molar-refractivity contribution in [2.45, 2.75) is 104 Å². The van der Waals surface area contributed by atoms with Crippen LogP contribution in [0.15, 0.2) is 23.0 Å². The van der Waals surface area contributed by atoms with E-state index in [1.54, 1.807) is 39.0 Å². The van der Waals surface area contributed by atoms with Crippen molar-refractivity contribution in [1.82, 2.24) is 20.2 Å². The van der Waals surface area contributed by atoms with Gasteiger partial charge in [0.15, 0.2) is 0 Å². The predicted molar refractivity (Wildman–Crippen MR) is 167 cm³/mol. The monoisotopic (exact) mass is 609 g/mol. The molecule has 4 rings (SSSR count). The molecule has 2 amide bonds. The molecule has 11 heteroatoms. The number of unbranched alkanes of at least 4 members (excludes halogenated alkanes) is 2. The number of rotatable bonds is 9. The largest absolute Gasteiger partial charge is 0.480 e. The Balaban J connectivity index is 0.000000245. The average molecular weight is 610 g/mol. The minimum Gasteiger partial charge on any atom is -0.480 e. The fraction of sp³-hybridized carbons (Fsp3) is 0.636. The topological polar surface area (TPSA) is 165 Å². The zero-order valence-corrected chi connectivity index (χ0v) is 26.6. The van der Waals surface area contributed by atoms with Crippen molar-refractivity contribution in [1.29, 1.82) is 5.26 Å². The van der Waals surface area contributed by atoms with Crippen molar-refractivity contribution >= 4 is 29.0 Å². The molecule has 1 aromatic carbocycles. The van der Waals surface area contributed by atoms with Crippen LogP contribution in [0.25, 0.3) is 11.0 Å². The number of H-pyrrole nitrogens is 1. The average Bonchev–Trinajstić information content (AvgIpc) is 3.64. The van der Waals surface area contributed by atoms with E-state index in [1.165, 1.54) is 44.1 Å². The molecule has 4 atom stereocenters. The Labute approximate surface area is 259 Å². The summed E-state index contributed by atoms with van der Waals surface area (Å²) in [6.45, 7) is 8.19. The number of nitrogens with one attached hydrogen (secondary N) is 2. The van der Waals surface area contributed by atoms with Crippen LogP contribution in [-0.2, 0) is 20.7 Å². The van der Waals surface area contributed by atoms with Gasteiger partial charge in [0.25, 0.3) is 5.56 Å². The zero-order valence-electron chi connectivity index (χ0n) is 26.6. The summed E-state index contributed by atoms with van der Waals surface area (Å²) in [6, 6.07) is 5.65. The van der Waals surface area contributed by atoms with Crippen LogP contribution >= 0.6 is 0 Å². The smallest absolute Gasteiger partial charge is 0.407 e. The lowest BCUT2D eigenvalue weighted by atomic mass is 9.85. The summed E-state index contributed by atoms with van der Waals surface area (Å²) in [5.41, 5.74) is 1.87. The van der Waals surface area contributed by atoms with Crippen LogP contribution in [0, 0.1) is 28.6 Å². The maximum atomic E-state index is 12.6. The highest BCUT2D eigenvalue weighted by atomic mass is 16.5. The number of likely N-dealkylation sites (tertiary alicyclic amines) is 1. The van der Waals surface area contributed by atoms with E-state index in [2.05, 4.69) is 33.0 Å². The second kappa shape index (κ2) is 15.7. The Morgan fingerprint density at radius 1 is 1.18 bits per heavy atom. The van der Waals surface area contributed by atoms with Crippen LogP contribution in [0.3, 0.4) is 0 Å². The molecule has 44 heavy (non-hydrogen) atoms. The molecule has 0 bridgehead atoms. The first-order valence-electron chi connectivity index (χ1n) is 15.7. The summed E-state index contributed by atoms with van der Waals surface area (Å²) >= 11 is 0. The van der Waals surface area contributed by atoms with Gasteiger partial charge in [0.2, 0.25) is 5.91 Å². The zero-order chi connectivity index (χ0) is 32.4. The molecular formula is C33H47N5O6. The highest BCUT2D eigenvalue weighted by Crippen LogP contribution is 2.34. The summed E-state index contributed by atoms with van der Waals surface area (Å²) in [5, 5.41) is 20.6. The number of carboxylic acids is 1. The summed E-state index contributed by atoms with van der Waals surface area (Å²) in [4.78, 5) is 55.9. The number of methoxy groups -OCH3 is 1. The number of nitriles is 1. The number of aromatic nitrogens is 2. The number of hydrogen-bond donors (Lipinski definition) is 3. The maximum absolute atomic E-state index is 12.6. The van der Waals surface area contributed by atoms with Crippen LogP contribution < -0.4 is 10.9 Å². The van der Waals surface area contributed by atoms with Crippen LogP contribution in [0.2, 0.25) is 0 Å². The number of aromatic amines is 1. The molecule has 2 heterocycles. The van der Waals surface area contributed by atoms with Gasteiger partial charge in [-0.25, -0.2) is 14.6 Å². The Bertz CT molecular complexity index is 1410. The van der Waals surface area contributed by atoms with Gasteiger partial charge in [0, 0.05) is 6.54 Å². The van der Waals surface area contributed by atoms with Gasteiger partial charge in [-0.3, -0.25) is 9.59 Å². The highest BCUT2D eigenvalue weighted by molar-refractivity contribution is 5.90. The van der Waals surface area contributed by atoms with E-state index in [1.807, 2.05) is 0 Å². The number of ether oxygens (including phenoxy) is 1. The van der Waals surface area contributed by atoms with E-state index in [9.17, 15) is 19.2 Å². The lowest BCUT2D eigenvalue weighted by Gasteiger charge is -2.34. The van der Waals surface area contributed by atoms with Gasteiger partial charge < -0.3 is 25.0 Å². The molecule has 240 valence electrons. The van der Waals surface area contributed by atoms with E-state index in [4.69, 9.17) is 10.4 Å². The third-order valence-corrected chi connectivity index (χ3v) is 8.80. The van der Waals surface area contributed by atoms with Crippen molar-refractivity contribution < 1.29 is 24.2 Å². The van der Waals surface area contributed by atoms with Crippen LogP contribution in [0.4, 0.5) is 4.79 Å². The van der Waals surface area contributed by atoms with E-state index < -0.39 is 29.6 Å². The SMILES string of the molecule is COC(=O)N[C@H](C(=O)N1CCCC1C(=O)O)C(C)(C)C.C[C@H]1CCCC1CCCCCc1nc2ccc(C#N)cc2[nH]c1=O. The van der Waals surface area contributed by atoms with E-state index >= 15 is 0 Å². The minimum absolute atomic E-state index is 0.123. The van der Waals surface area contributed by atoms with Crippen molar-refractivity contribution in [3.8, 4) is 6.07 Å². The molecule has 1 saturated carbocycles. The Hall–Kier alpha value is -3.94. The Morgan fingerprint density at radius 3 is 2.55 bits per heavy atom. The van der Waals surface area contributed by atoms with E-state index in [0.29, 0.717) is 36.2 Å². The number of nitrogens with zero attached hydrogens (tertiary/aromatic N) is 3. The number of hydrogen-bond acceptors (Lipinski definition) is 7. The fourth-order valence-corrected chi connectivity index (χ4v) is 6.17. The summed E-state index contributed by atoms with van der Waals surface area (Å²) in [5.74, 6) is 0.421. The third-order valence-electron chi connectivity index (χ3n) is 8.80. The first kappa shape index (κ1) is 34.5. The van der Waals surface area contributed by atoms with Gasteiger partial charge >= 0.3 is 12.1 Å². The number of carboxylic acid groups (broad SMARTS) is 1. The van der Waals surface area contributed by atoms with Gasteiger partial charge in [-0.2, -0.15) is 5.26 Å². The summed E-state index contributed by atoms with van der Waals surface area (Å²) in [7, 11) is 1.22. The van der Waals surface area contributed by atoms with Crippen LogP contribution in [0.5, 0.6) is 0 Å². The van der Waals surface area contributed by atoms with E-state index in [0.717, 1.165) is 36.6 Å². The number of carbonyl (C=O) groups is 3. The fourth-order valence-electron chi connectivity index (χ4n) is 6.17. The molecule has 3 N–H and O–H groups in total. The number of aliphatic carboxylic acids is 1. The molecular weight excluding hydrogens is 562 g/mol. The molecule has 2 aromatic rings. The Kier molecular flexibility index (Phi) is 12.3. The minimum atomic E-state index is -1.01. The van der Waals surface area contributed by atoms with Gasteiger partial charge in [-0.1, -0.05) is 66.2 Å². The Morgan fingerprint density at radius 2 is 1.93 bits per heavy atom. The van der Waals surface area contributed by atoms with Crippen molar-refractivity contribution in [2.24, 2.45) is 17.3 Å². The second-order valence-electron chi connectivity index (χ2n) is 13.1. The molecule has 1 aromatic heterocycles. The molecule has 1 aliphatic carbocycles. The van der Waals surface area contributed by atoms with Crippen LogP contribution in [0.1, 0.15) is 96.7 Å². The maximum Gasteiger partial charge on any atom is 0.407 e. The normalized spacial score (nSPS) is 20.4. The van der Waals surface area contributed by atoms with Crippen molar-refractivity contribution in [3.05, 3.63) is 39.8 Å². The summed E-state index contributed by atoms with van der Waals surface area (Å²) < 4.78 is 4.53.